The first kappa shape index (κ1) is 17.6. The number of hydrogen-bond donors (Lipinski definition) is 1. The van der Waals surface area contributed by atoms with E-state index in [1.807, 2.05) is 54.9 Å². The molecule has 0 amide bonds. The van der Waals surface area contributed by atoms with Crippen molar-refractivity contribution < 1.29 is 5.11 Å². The van der Waals surface area contributed by atoms with Gasteiger partial charge in [-0.2, -0.15) is 5.10 Å². The number of hydrogen-bond acceptors (Lipinski definition) is 4. The Morgan fingerprint density at radius 3 is 2.64 bits per heavy atom. The van der Waals surface area contributed by atoms with Crippen LogP contribution < -0.4 is 4.80 Å². The maximum atomic E-state index is 10.0. The van der Waals surface area contributed by atoms with Crippen LogP contribution in [0.15, 0.2) is 68.5 Å². The van der Waals surface area contributed by atoms with Gasteiger partial charge in [-0.3, -0.25) is 4.99 Å². The van der Waals surface area contributed by atoms with Crippen LogP contribution in [0.5, 0.6) is 5.75 Å². The van der Waals surface area contributed by atoms with Crippen LogP contribution in [0.4, 0.5) is 0 Å². The molecule has 0 bridgehead atoms. The van der Waals surface area contributed by atoms with E-state index in [0.29, 0.717) is 5.56 Å². The third-order valence-electron chi connectivity index (χ3n) is 3.43. The highest BCUT2D eigenvalue weighted by Crippen LogP contribution is 2.22. The Morgan fingerprint density at radius 2 is 1.92 bits per heavy atom. The number of aromatic nitrogens is 1. The second-order valence-electron chi connectivity index (χ2n) is 5.75. The quantitative estimate of drug-likeness (QED) is 0.606. The summed E-state index contributed by atoms with van der Waals surface area (Å²) in [5.41, 5.74) is 2.68. The zero-order valence-corrected chi connectivity index (χ0v) is 16.3. The highest BCUT2D eigenvalue weighted by molar-refractivity contribution is 9.10. The first-order valence-corrected chi connectivity index (χ1v) is 9.54. The molecule has 3 aromatic rings. The summed E-state index contributed by atoms with van der Waals surface area (Å²) < 4.78 is 2.71. The number of rotatable bonds is 4. The number of phenols is 1. The lowest BCUT2D eigenvalue weighted by molar-refractivity contribution is 0.474. The van der Waals surface area contributed by atoms with E-state index in [0.717, 1.165) is 20.5 Å². The van der Waals surface area contributed by atoms with Crippen LogP contribution in [0.25, 0.3) is 11.3 Å². The van der Waals surface area contributed by atoms with Gasteiger partial charge in [0.05, 0.1) is 11.9 Å². The molecule has 128 valence electrons. The fourth-order valence-electron chi connectivity index (χ4n) is 2.28. The van der Waals surface area contributed by atoms with Gasteiger partial charge in [-0.1, -0.05) is 46.3 Å². The molecule has 0 radical (unpaired) electrons. The van der Waals surface area contributed by atoms with E-state index in [9.17, 15) is 5.11 Å². The molecule has 3 rings (SSSR count). The molecule has 0 unspecified atom stereocenters. The van der Waals surface area contributed by atoms with Crippen LogP contribution in [0.1, 0.15) is 19.4 Å². The zero-order chi connectivity index (χ0) is 17.8. The highest BCUT2D eigenvalue weighted by atomic mass is 79.9. The Bertz CT molecular complexity index is 958. The van der Waals surface area contributed by atoms with Gasteiger partial charge in [0.15, 0.2) is 0 Å². The molecular weight excluding hydrogens is 398 g/mol. The van der Waals surface area contributed by atoms with E-state index >= 15 is 0 Å². The summed E-state index contributed by atoms with van der Waals surface area (Å²) >= 11 is 4.97. The van der Waals surface area contributed by atoms with Crippen LogP contribution >= 0.6 is 27.3 Å². The standard InChI is InChI=1S/C19H18BrN3OS/c1-13(2)22-19-23(17(12-25-19)14-6-4-3-5-7-14)21-11-15-10-16(20)8-9-18(15)24/h3-13,24H,1-2H3. The van der Waals surface area contributed by atoms with Crippen molar-refractivity contribution in [1.82, 2.24) is 4.68 Å². The smallest absolute Gasteiger partial charge is 0.206 e. The van der Waals surface area contributed by atoms with Crippen molar-refractivity contribution in [2.75, 3.05) is 0 Å². The molecule has 25 heavy (non-hydrogen) atoms. The zero-order valence-electron chi connectivity index (χ0n) is 13.9. The van der Waals surface area contributed by atoms with Crippen molar-refractivity contribution in [3.05, 3.63) is 68.7 Å². The van der Waals surface area contributed by atoms with Crippen LogP contribution in [-0.2, 0) is 0 Å². The monoisotopic (exact) mass is 415 g/mol. The van der Waals surface area contributed by atoms with Gasteiger partial charge < -0.3 is 5.11 Å². The van der Waals surface area contributed by atoms with Crippen LogP contribution in [-0.4, -0.2) is 22.0 Å². The molecule has 0 aliphatic rings. The number of halogens is 1. The lowest BCUT2D eigenvalue weighted by atomic mass is 10.2. The normalized spacial score (nSPS) is 12.4. The van der Waals surface area contributed by atoms with Gasteiger partial charge in [0.25, 0.3) is 0 Å². The molecule has 0 spiro atoms. The summed E-state index contributed by atoms with van der Waals surface area (Å²) in [5, 5.41) is 16.7. The van der Waals surface area contributed by atoms with E-state index in [-0.39, 0.29) is 11.8 Å². The van der Waals surface area contributed by atoms with Crippen molar-refractivity contribution in [2.24, 2.45) is 10.1 Å². The Hall–Kier alpha value is -2.18. The Kier molecular flexibility index (Phi) is 5.50. The topological polar surface area (TPSA) is 49.9 Å². The molecule has 4 nitrogen and oxygen atoms in total. The number of phenolic OH excluding ortho intramolecular Hbond substituents is 1. The van der Waals surface area contributed by atoms with Gasteiger partial charge in [0, 0.05) is 27.0 Å². The van der Waals surface area contributed by atoms with Crippen molar-refractivity contribution in [1.29, 1.82) is 0 Å². The lowest BCUT2D eigenvalue weighted by Gasteiger charge is -2.05. The van der Waals surface area contributed by atoms with E-state index in [1.54, 1.807) is 29.7 Å². The molecule has 0 fully saturated rings. The predicted molar refractivity (Wildman–Crippen MR) is 107 cm³/mol. The van der Waals surface area contributed by atoms with Crippen molar-refractivity contribution in [3.8, 4) is 17.0 Å². The molecule has 0 saturated carbocycles. The van der Waals surface area contributed by atoms with Gasteiger partial charge in [0.2, 0.25) is 4.80 Å². The summed E-state index contributed by atoms with van der Waals surface area (Å²) in [6.45, 7) is 4.08. The van der Waals surface area contributed by atoms with E-state index < -0.39 is 0 Å². The van der Waals surface area contributed by atoms with Gasteiger partial charge >= 0.3 is 0 Å². The second kappa shape index (κ2) is 7.80. The molecule has 1 N–H and O–H groups in total. The molecule has 1 aromatic heterocycles. The largest absolute Gasteiger partial charge is 0.507 e. The third-order valence-corrected chi connectivity index (χ3v) is 4.75. The Balaban J connectivity index is 2.11. The maximum Gasteiger partial charge on any atom is 0.206 e. The maximum absolute atomic E-state index is 10.0. The van der Waals surface area contributed by atoms with E-state index in [1.165, 1.54) is 0 Å². The lowest BCUT2D eigenvalue weighted by Crippen LogP contribution is -2.14. The first-order chi connectivity index (χ1) is 12.0. The molecule has 2 aromatic carbocycles. The molecule has 0 atom stereocenters. The Morgan fingerprint density at radius 1 is 1.16 bits per heavy atom. The van der Waals surface area contributed by atoms with Crippen LogP contribution in [0.2, 0.25) is 0 Å². The molecular formula is C19H18BrN3OS. The number of aromatic hydroxyl groups is 1. The average Bonchev–Trinajstić information content (AvgIpc) is 2.98. The fraction of sp³-hybridized carbons (Fsp3) is 0.158. The summed E-state index contributed by atoms with van der Waals surface area (Å²) in [7, 11) is 0. The summed E-state index contributed by atoms with van der Waals surface area (Å²) in [4.78, 5) is 5.47. The molecule has 6 heteroatoms. The molecule has 0 aliphatic carbocycles. The van der Waals surface area contributed by atoms with Crippen molar-refractivity contribution >= 4 is 33.5 Å². The SMILES string of the molecule is CC(C)N=c1scc(-c2ccccc2)n1N=Cc1cc(Br)ccc1O. The van der Waals surface area contributed by atoms with Crippen molar-refractivity contribution in [3.63, 3.8) is 0 Å². The first-order valence-electron chi connectivity index (χ1n) is 7.87. The average molecular weight is 416 g/mol. The van der Waals surface area contributed by atoms with Crippen LogP contribution in [0, 0.1) is 0 Å². The summed E-state index contributed by atoms with van der Waals surface area (Å²) in [6, 6.07) is 15.5. The van der Waals surface area contributed by atoms with Gasteiger partial charge in [-0.25, -0.2) is 4.68 Å². The van der Waals surface area contributed by atoms with Gasteiger partial charge in [-0.15, -0.1) is 11.3 Å². The molecule has 0 saturated heterocycles. The van der Waals surface area contributed by atoms with Crippen molar-refractivity contribution in [2.45, 2.75) is 19.9 Å². The van der Waals surface area contributed by atoms with Crippen LogP contribution in [0.3, 0.4) is 0 Å². The second-order valence-corrected chi connectivity index (χ2v) is 7.50. The predicted octanol–water partition coefficient (Wildman–Crippen LogP) is 4.88. The number of thiazole rings is 1. The minimum Gasteiger partial charge on any atom is -0.507 e. The third kappa shape index (κ3) is 4.27. The molecule has 1 heterocycles. The highest BCUT2D eigenvalue weighted by Gasteiger charge is 2.08. The minimum absolute atomic E-state index is 0.169. The fourth-order valence-corrected chi connectivity index (χ4v) is 3.63. The Labute approximate surface area is 158 Å². The van der Waals surface area contributed by atoms with Gasteiger partial charge in [0.1, 0.15) is 5.75 Å². The van der Waals surface area contributed by atoms with E-state index in [2.05, 4.69) is 31.4 Å². The number of nitrogens with zero attached hydrogens (tertiary/aromatic N) is 3. The molecule has 0 aliphatic heterocycles. The number of benzene rings is 2. The van der Waals surface area contributed by atoms with Gasteiger partial charge in [-0.05, 0) is 32.0 Å². The minimum atomic E-state index is 0.169. The summed E-state index contributed by atoms with van der Waals surface area (Å²) in [5.74, 6) is 0.186. The van der Waals surface area contributed by atoms with E-state index in [4.69, 9.17) is 0 Å². The summed E-state index contributed by atoms with van der Waals surface area (Å²) in [6.07, 6.45) is 1.65.